The number of amides is 1. The lowest BCUT2D eigenvalue weighted by Crippen LogP contribution is -2.58. The van der Waals surface area contributed by atoms with Crippen LogP contribution < -0.4 is 10.6 Å². The van der Waals surface area contributed by atoms with Gasteiger partial charge < -0.3 is 10.6 Å². The maximum atomic E-state index is 11.9. The number of halogens is 1. The quantitative estimate of drug-likeness (QED) is 0.805. The van der Waals surface area contributed by atoms with Crippen LogP contribution in [0.2, 0.25) is 0 Å². The van der Waals surface area contributed by atoms with Crippen LogP contribution in [0.15, 0.2) is 0 Å². The Morgan fingerprint density at radius 3 is 2.56 bits per heavy atom. The highest BCUT2D eigenvalue weighted by atomic mass is 35.5. The van der Waals surface area contributed by atoms with Crippen LogP contribution in [0, 0.1) is 5.92 Å². The molecule has 5 heteroatoms. The molecule has 1 amide bonds. The average Bonchev–Trinajstić information content (AvgIpc) is 2.18. The van der Waals surface area contributed by atoms with Crippen LogP contribution in [0.3, 0.4) is 0 Å². The lowest BCUT2D eigenvalue weighted by atomic mass is 9.86. The first-order valence-corrected chi connectivity index (χ1v) is 6.87. The molecule has 18 heavy (non-hydrogen) atoms. The van der Waals surface area contributed by atoms with Crippen molar-refractivity contribution in [2.45, 2.75) is 44.7 Å². The summed E-state index contributed by atoms with van der Waals surface area (Å²) in [7, 11) is 2.04. The van der Waals surface area contributed by atoms with Gasteiger partial charge in [-0.25, -0.2) is 0 Å². The molecular formula is C13H26ClN3O. The third kappa shape index (κ3) is 4.11. The van der Waals surface area contributed by atoms with E-state index in [0.717, 1.165) is 19.5 Å². The molecule has 0 aromatic heterocycles. The number of nitrogens with one attached hydrogen (secondary N) is 2. The first-order chi connectivity index (χ1) is 8.16. The molecule has 2 aliphatic rings. The van der Waals surface area contributed by atoms with Crippen LogP contribution in [0.5, 0.6) is 0 Å². The number of hydrogen-bond donors (Lipinski definition) is 2. The summed E-state index contributed by atoms with van der Waals surface area (Å²) in [4.78, 5) is 14.1. The second-order valence-electron chi connectivity index (χ2n) is 5.66. The Morgan fingerprint density at radius 1 is 1.33 bits per heavy atom. The molecule has 2 rings (SSSR count). The van der Waals surface area contributed by atoms with Gasteiger partial charge in [0.05, 0.1) is 6.54 Å². The van der Waals surface area contributed by atoms with Gasteiger partial charge in [0.2, 0.25) is 5.91 Å². The minimum atomic E-state index is 0. The molecule has 2 atom stereocenters. The van der Waals surface area contributed by atoms with Crippen LogP contribution in [0.1, 0.15) is 32.6 Å². The molecule has 1 aliphatic heterocycles. The predicted molar refractivity (Wildman–Crippen MR) is 76.1 cm³/mol. The number of likely N-dealkylation sites (N-methyl/N-ethyl adjacent to an activating group) is 1. The number of rotatable bonds is 4. The molecule has 1 aliphatic carbocycles. The topological polar surface area (TPSA) is 44.4 Å². The predicted octanol–water partition coefficient (Wildman–Crippen LogP) is 1.01. The Balaban J connectivity index is 0.00000162. The van der Waals surface area contributed by atoms with Crippen molar-refractivity contribution >= 4 is 18.3 Å². The Labute approximate surface area is 116 Å². The van der Waals surface area contributed by atoms with Crippen LogP contribution in [0.25, 0.3) is 0 Å². The molecule has 106 valence electrons. The highest BCUT2D eigenvalue weighted by molar-refractivity contribution is 5.85. The first-order valence-electron chi connectivity index (χ1n) is 6.87. The third-order valence-electron chi connectivity index (χ3n) is 4.23. The summed E-state index contributed by atoms with van der Waals surface area (Å²) in [5, 5.41) is 6.43. The Morgan fingerprint density at radius 2 is 2.00 bits per heavy atom. The molecule has 1 saturated carbocycles. The summed E-state index contributed by atoms with van der Waals surface area (Å²) in [6, 6.07) is 0.952. The van der Waals surface area contributed by atoms with Gasteiger partial charge in [-0.2, -0.15) is 0 Å². The fraction of sp³-hybridized carbons (Fsp3) is 0.923. The van der Waals surface area contributed by atoms with Gasteiger partial charge in [-0.1, -0.05) is 19.8 Å². The lowest BCUT2D eigenvalue weighted by Gasteiger charge is -2.36. The van der Waals surface area contributed by atoms with Crippen LogP contribution in [-0.4, -0.2) is 49.6 Å². The van der Waals surface area contributed by atoms with Crippen molar-refractivity contribution in [1.29, 1.82) is 0 Å². The SMILES string of the molecule is CC1CCCCC1NC(=O)CN(C)C1CNC1.Cl. The van der Waals surface area contributed by atoms with E-state index < -0.39 is 0 Å². The number of hydrogen-bond acceptors (Lipinski definition) is 3. The second kappa shape index (κ2) is 7.31. The monoisotopic (exact) mass is 275 g/mol. The highest BCUT2D eigenvalue weighted by Crippen LogP contribution is 2.23. The molecule has 1 saturated heterocycles. The molecule has 0 aromatic carbocycles. The van der Waals surface area contributed by atoms with Crippen molar-refractivity contribution in [3.05, 3.63) is 0 Å². The van der Waals surface area contributed by atoms with E-state index in [-0.39, 0.29) is 18.3 Å². The summed E-state index contributed by atoms with van der Waals surface area (Å²) in [5.41, 5.74) is 0. The number of carbonyl (C=O) groups is 1. The van der Waals surface area contributed by atoms with Gasteiger partial charge in [-0.3, -0.25) is 9.69 Å². The molecule has 0 spiro atoms. The summed E-state index contributed by atoms with van der Waals surface area (Å²) in [6.45, 7) is 4.83. The normalized spacial score (nSPS) is 28.4. The minimum absolute atomic E-state index is 0. The minimum Gasteiger partial charge on any atom is -0.352 e. The zero-order chi connectivity index (χ0) is 12.3. The van der Waals surface area contributed by atoms with Gasteiger partial charge in [-0.15, -0.1) is 12.4 Å². The molecule has 0 bridgehead atoms. The van der Waals surface area contributed by atoms with Crippen LogP contribution in [0.4, 0.5) is 0 Å². The van der Waals surface area contributed by atoms with E-state index in [9.17, 15) is 4.79 Å². The molecule has 2 fully saturated rings. The Bertz CT molecular complexity index is 271. The van der Waals surface area contributed by atoms with Crippen molar-refractivity contribution in [3.8, 4) is 0 Å². The van der Waals surface area contributed by atoms with Gasteiger partial charge in [0.1, 0.15) is 0 Å². The van der Waals surface area contributed by atoms with Crippen molar-refractivity contribution in [1.82, 2.24) is 15.5 Å². The highest BCUT2D eigenvalue weighted by Gasteiger charge is 2.26. The zero-order valence-electron chi connectivity index (χ0n) is 11.4. The molecule has 0 radical (unpaired) electrons. The number of nitrogens with zero attached hydrogens (tertiary/aromatic N) is 1. The molecular weight excluding hydrogens is 250 g/mol. The van der Waals surface area contributed by atoms with E-state index in [4.69, 9.17) is 0 Å². The fourth-order valence-electron chi connectivity index (χ4n) is 2.72. The van der Waals surface area contributed by atoms with E-state index in [2.05, 4.69) is 22.5 Å². The third-order valence-corrected chi connectivity index (χ3v) is 4.23. The smallest absolute Gasteiger partial charge is 0.234 e. The molecule has 2 N–H and O–H groups in total. The van der Waals surface area contributed by atoms with Crippen molar-refractivity contribution in [2.75, 3.05) is 26.7 Å². The first kappa shape index (κ1) is 15.7. The molecule has 2 unspecified atom stereocenters. The maximum Gasteiger partial charge on any atom is 0.234 e. The fourth-order valence-corrected chi connectivity index (χ4v) is 2.72. The van der Waals surface area contributed by atoms with E-state index in [1.807, 2.05) is 7.05 Å². The van der Waals surface area contributed by atoms with E-state index in [1.165, 1.54) is 19.3 Å². The lowest BCUT2D eigenvalue weighted by molar-refractivity contribution is -0.123. The van der Waals surface area contributed by atoms with Gasteiger partial charge in [0.25, 0.3) is 0 Å². The van der Waals surface area contributed by atoms with E-state index >= 15 is 0 Å². The van der Waals surface area contributed by atoms with Crippen LogP contribution in [-0.2, 0) is 4.79 Å². The zero-order valence-corrected chi connectivity index (χ0v) is 12.3. The van der Waals surface area contributed by atoms with Crippen molar-refractivity contribution < 1.29 is 4.79 Å². The summed E-state index contributed by atoms with van der Waals surface area (Å²) >= 11 is 0. The van der Waals surface area contributed by atoms with Crippen molar-refractivity contribution in [2.24, 2.45) is 5.92 Å². The van der Waals surface area contributed by atoms with E-state index in [0.29, 0.717) is 24.5 Å². The molecule has 4 nitrogen and oxygen atoms in total. The van der Waals surface area contributed by atoms with Gasteiger partial charge in [0.15, 0.2) is 0 Å². The van der Waals surface area contributed by atoms with E-state index in [1.54, 1.807) is 0 Å². The largest absolute Gasteiger partial charge is 0.352 e. The molecule has 1 heterocycles. The Hall–Kier alpha value is -0.320. The Kier molecular flexibility index (Phi) is 6.39. The summed E-state index contributed by atoms with van der Waals surface area (Å²) in [5.74, 6) is 0.835. The standard InChI is InChI=1S/C13H25N3O.ClH/c1-10-5-3-4-6-12(10)15-13(17)9-16(2)11-7-14-8-11;/h10-12,14H,3-9H2,1-2H3,(H,15,17);1H. The second-order valence-corrected chi connectivity index (χ2v) is 5.66. The average molecular weight is 276 g/mol. The van der Waals surface area contributed by atoms with Crippen LogP contribution >= 0.6 is 12.4 Å². The van der Waals surface area contributed by atoms with Gasteiger partial charge in [-0.05, 0) is 25.8 Å². The van der Waals surface area contributed by atoms with Gasteiger partial charge >= 0.3 is 0 Å². The summed E-state index contributed by atoms with van der Waals surface area (Å²) < 4.78 is 0. The van der Waals surface area contributed by atoms with Crippen molar-refractivity contribution in [3.63, 3.8) is 0 Å². The summed E-state index contributed by atoms with van der Waals surface area (Å²) in [6.07, 6.45) is 4.99. The maximum absolute atomic E-state index is 11.9. The number of carbonyl (C=O) groups excluding carboxylic acids is 1. The molecule has 0 aromatic rings. The van der Waals surface area contributed by atoms with Gasteiger partial charge in [0, 0.05) is 25.2 Å².